The van der Waals surface area contributed by atoms with Crippen LogP contribution in [0.3, 0.4) is 0 Å². The minimum atomic E-state index is -4.92. The van der Waals surface area contributed by atoms with Crippen LogP contribution in [0.15, 0.2) is 59.7 Å². The number of hydrazone groups is 1. The first-order valence-electron chi connectivity index (χ1n) is 6.83. The molecule has 1 atom stereocenters. The van der Waals surface area contributed by atoms with E-state index in [9.17, 15) is 23.4 Å². The van der Waals surface area contributed by atoms with Crippen molar-refractivity contribution >= 4 is 11.4 Å². The van der Waals surface area contributed by atoms with Crippen LogP contribution in [-0.2, 0) is 0 Å². The zero-order valence-electron chi connectivity index (χ0n) is 11.8. The number of halogens is 3. The fourth-order valence-electron chi connectivity index (χ4n) is 2.47. The molecular formula is C16H13F3N2O2. The smallest absolute Gasteiger partial charge is 0.438 e. The molecule has 0 radical (unpaired) electrons. The highest BCUT2D eigenvalue weighted by Crippen LogP contribution is 2.44. The summed E-state index contributed by atoms with van der Waals surface area (Å²) in [5, 5.41) is 24.6. The SMILES string of the molecule is Oc1ccccc1C1=NN(c2ccccc2)C(O)(C(F)(F)F)C1. The number of hydrogen-bond donors (Lipinski definition) is 2. The quantitative estimate of drug-likeness (QED) is 0.892. The molecule has 0 aromatic heterocycles. The maximum Gasteiger partial charge on any atom is 0.438 e. The number of benzene rings is 2. The van der Waals surface area contributed by atoms with Crippen molar-refractivity contribution in [2.24, 2.45) is 5.10 Å². The first-order chi connectivity index (χ1) is 10.8. The van der Waals surface area contributed by atoms with Gasteiger partial charge in [0.25, 0.3) is 5.72 Å². The fourth-order valence-corrected chi connectivity index (χ4v) is 2.47. The average Bonchev–Trinajstić information content (AvgIpc) is 2.87. The molecule has 0 bridgehead atoms. The highest BCUT2D eigenvalue weighted by Gasteiger charge is 2.62. The molecule has 0 saturated carbocycles. The van der Waals surface area contributed by atoms with Gasteiger partial charge in [-0.3, -0.25) is 0 Å². The number of para-hydroxylation sites is 2. The van der Waals surface area contributed by atoms with Crippen molar-refractivity contribution < 1.29 is 23.4 Å². The monoisotopic (exact) mass is 322 g/mol. The highest BCUT2D eigenvalue weighted by molar-refractivity contribution is 6.05. The predicted molar refractivity (Wildman–Crippen MR) is 79.2 cm³/mol. The van der Waals surface area contributed by atoms with Crippen LogP contribution in [0.5, 0.6) is 5.75 Å². The van der Waals surface area contributed by atoms with Gasteiger partial charge in [-0.05, 0) is 24.3 Å². The number of hydrogen-bond acceptors (Lipinski definition) is 4. The van der Waals surface area contributed by atoms with Crippen LogP contribution in [0.25, 0.3) is 0 Å². The number of phenolic OH excluding ortho intramolecular Hbond substituents is 1. The summed E-state index contributed by atoms with van der Waals surface area (Å²) in [5.74, 6) is -0.189. The Morgan fingerprint density at radius 1 is 1.00 bits per heavy atom. The molecular weight excluding hydrogens is 309 g/mol. The molecule has 7 heteroatoms. The average molecular weight is 322 g/mol. The second-order valence-electron chi connectivity index (χ2n) is 5.20. The number of alkyl halides is 3. The van der Waals surface area contributed by atoms with E-state index in [0.29, 0.717) is 5.01 Å². The molecule has 1 aliphatic rings. The van der Waals surface area contributed by atoms with E-state index in [0.717, 1.165) is 0 Å². The standard InChI is InChI=1S/C16H13F3N2O2/c17-16(18,19)15(23)10-13(12-8-4-5-9-14(12)22)20-21(15)11-6-2-1-3-7-11/h1-9,22-23H,10H2. The Morgan fingerprint density at radius 3 is 2.22 bits per heavy atom. The van der Waals surface area contributed by atoms with Crippen molar-refractivity contribution in [3.63, 3.8) is 0 Å². The third kappa shape index (κ3) is 2.53. The molecule has 2 N–H and O–H groups in total. The number of aromatic hydroxyl groups is 1. The van der Waals surface area contributed by atoms with Gasteiger partial charge >= 0.3 is 6.18 Å². The summed E-state index contributed by atoms with van der Waals surface area (Å²) in [5.41, 5.74) is -2.93. The number of anilines is 1. The summed E-state index contributed by atoms with van der Waals surface area (Å²) in [7, 11) is 0. The molecule has 0 amide bonds. The van der Waals surface area contributed by atoms with Crippen LogP contribution < -0.4 is 5.01 Å². The van der Waals surface area contributed by atoms with Crippen molar-refractivity contribution in [1.29, 1.82) is 0 Å². The number of nitrogens with zero attached hydrogens (tertiary/aromatic N) is 2. The van der Waals surface area contributed by atoms with Gasteiger partial charge in [-0.2, -0.15) is 18.3 Å². The van der Waals surface area contributed by atoms with Crippen LogP contribution >= 0.6 is 0 Å². The number of aliphatic hydroxyl groups is 1. The molecule has 2 aromatic carbocycles. The van der Waals surface area contributed by atoms with E-state index in [-0.39, 0.29) is 22.7 Å². The molecule has 1 heterocycles. The van der Waals surface area contributed by atoms with Crippen LogP contribution in [0.1, 0.15) is 12.0 Å². The molecule has 3 rings (SSSR count). The van der Waals surface area contributed by atoms with E-state index in [1.54, 1.807) is 30.3 Å². The normalized spacial score (nSPS) is 21.4. The highest BCUT2D eigenvalue weighted by atomic mass is 19.4. The first-order valence-corrected chi connectivity index (χ1v) is 6.83. The van der Waals surface area contributed by atoms with Gasteiger partial charge in [0, 0.05) is 5.56 Å². The second-order valence-corrected chi connectivity index (χ2v) is 5.20. The zero-order valence-corrected chi connectivity index (χ0v) is 11.8. The Kier molecular flexibility index (Phi) is 3.52. The Hall–Kier alpha value is -2.54. The molecule has 1 aliphatic heterocycles. The molecule has 0 aliphatic carbocycles. The first kappa shape index (κ1) is 15.4. The molecule has 0 fully saturated rings. The summed E-state index contributed by atoms with van der Waals surface area (Å²) in [4.78, 5) is 0. The van der Waals surface area contributed by atoms with E-state index in [1.807, 2.05) is 0 Å². The van der Waals surface area contributed by atoms with Crippen LogP contribution in [-0.4, -0.2) is 27.8 Å². The van der Waals surface area contributed by atoms with E-state index < -0.39 is 18.3 Å². The predicted octanol–water partition coefficient (Wildman–Crippen LogP) is 3.26. The van der Waals surface area contributed by atoms with Gasteiger partial charge in [0.05, 0.1) is 17.8 Å². The van der Waals surface area contributed by atoms with Crippen LogP contribution in [0.4, 0.5) is 18.9 Å². The lowest BCUT2D eigenvalue weighted by Gasteiger charge is -2.34. The van der Waals surface area contributed by atoms with Crippen molar-refractivity contribution in [3.05, 3.63) is 60.2 Å². The molecule has 0 spiro atoms. The Balaban J connectivity index is 2.11. The van der Waals surface area contributed by atoms with Gasteiger partial charge in [0.1, 0.15) is 5.75 Å². The molecule has 0 saturated heterocycles. The van der Waals surface area contributed by atoms with Gasteiger partial charge in [0.2, 0.25) is 0 Å². The summed E-state index contributed by atoms with van der Waals surface area (Å²) in [6, 6.07) is 13.6. The third-order valence-corrected chi connectivity index (χ3v) is 3.65. The summed E-state index contributed by atoms with van der Waals surface area (Å²) in [6.45, 7) is 0. The lowest BCUT2D eigenvalue weighted by atomic mass is 10.00. The molecule has 23 heavy (non-hydrogen) atoms. The summed E-state index contributed by atoms with van der Waals surface area (Å²) in [6.07, 6.45) is -5.69. The largest absolute Gasteiger partial charge is 0.507 e. The van der Waals surface area contributed by atoms with Crippen molar-refractivity contribution in [2.75, 3.05) is 5.01 Å². The Labute approximate surface area is 130 Å². The number of rotatable bonds is 2. The Bertz CT molecular complexity index is 746. The maximum atomic E-state index is 13.4. The van der Waals surface area contributed by atoms with Crippen molar-refractivity contribution in [3.8, 4) is 5.75 Å². The lowest BCUT2D eigenvalue weighted by Crippen LogP contribution is -2.55. The lowest BCUT2D eigenvalue weighted by molar-refractivity contribution is -0.254. The Morgan fingerprint density at radius 2 is 1.61 bits per heavy atom. The van der Waals surface area contributed by atoms with Gasteiger partial charge in [-0.25, -0.2) is 5.01 Å². The van der Waals surface area contributed by atoms with Gasteiger partial charge < -0.3 is 10.2 Å². The minimum Gasteiger partial charge on any atom is -0.507 e. The molecule has 2 aromatic rings. The second kappa shape index (κ2) is 5.27. The van der Waals surface area contributed by atoms with Crippen LogP contribution in [0, 0.1) is 0 Å². The van der Waals surface area contributed by atoms with Crippen molar-refractivity contribution in [2.45, 2.75) is 18.3 Å². The molecule has 1 unspecified atom stereocenters. The van der Waals surface area contributed by atoms with E-state index >= 15 is 0 Å². The maximum absolute atomic E-state index is 13.4. The minimum absolute atomic E-state index is 0.0354. The van der Waals surface area contributed by atoms with E-state index in [1.165, 1.54) is 24.3 Å². The van der Waals surface area contributed by atoms with Gasteiger partial charge in [-0.1, -0.05) is 30.3 Å². The number of phenols is 1. The zero-order chi connectivity index (χ0) is 16.7. The fraction of sp³-hybridized carbons (Fsp3) is 0.188. The third-order valence-electron chi connectivity index (χ3n) is 3.65. The van der Waals surface area contributed by atoms with Crippen molar-refractivity contribution in [1.82, 2.24) is 0 Å². The van der Waals surface area contributed by atoms with Gasteiger partial charge in [0.15, 0.2) is 0 Å². The summed E-state index contributed by atoms with van der Waals surface area (Å²) >= 11 is 0. The summed E-state index contributed by atoms with van der Waals surface area (Å²) < 4.78 is 40.3. The van der Waals surface area contributed by atoms with E-state index in [2.05, 4.69) is 5.10 Å². The van der Waals surface area contributed by atoms with Gasteiger partial charge in [-0.15, -0.1) is 0 Å². The van der Waals surface area contributed by atoms with E-state index in [4.69, 9.17) is 0 Å². The van der Waals surface area contributed by atoms with Crippen LogP contribution in [0.2, 0.25) is 0 Å². The molecule has 4 nitrogen and oxygen atoms in total. The topological polar surface area (TPSA) is 56.1 Å². The molecule has 120 valence electrons.